The molecule has 7 heteroatoms. The van der Waals surface area contributed by atoms with Gasteiger partial charge in [0.15, 0.2) is 0 Å². The van der Waals surface area contributed by atoms with E-state index in [0.717, 1.165) is 6.08 Å². The molecule has 1 amide bonds. The van der Waals surface area contributed by atoms with Gasteiger partial charge in [0.05, 0.1) is 0 Å². The topological polar surface area (TPSA) is 86.3 Å². The molecule has 0 aromatic rings. The number of hydrogen-bond donors (Lipinski definition) is 1. The van der Waals surface area contributed by atoms with Gasteiger partial charge in [-0.1, -0.05) is 13.0 Å². The summed E-state index contributed by atoms with van der Waals surface area (Å²) >= 11 is 0. The van der Waals surface area contributed by atoms with Gasteiger partial charge in [-0.3, -0.25) is 4.79 Å². The number of allylic oxidation sites excluding steroid dienone is 1. The summed E-state index contributed by atoms with van der Waals surface area (Å²) in [4.78, 5) is 10.9. The van der Waals surface area contributed by atoms with Crippen LogP contribution in [0, 0.1) is 0 Å². The van der Waals surface area contributed by atoms with Crippen molar-refractivity contribution in [2.24, 2.45) is 0 Å². The van der Waals surface area contributed by atoms with Crippen molar-refractivity contribution in [1.82, 2.24) is 5.32 Å². The fraction of sp³-hybridized carbons (Fsp3) is 0.571. The van der Waals surface area contributed by atoms with Crippen molar-refractivity contribution in [2.75, 3.05) is 0 Å². The van der Waals surface area contributed by atoms with Crippen molar-refractivity contribution < 1.29 is 47.3 Å². The van der Waals surface area contributed by atoms with Crippen LogP contribution < -0.4 is 34.9 Å². The van der Waals surface area contributed by atoms with Crippen molar-refractivity contribution in [2.45, 2.75) is 25.6 Å². The number of carbonyl (C=O) groups excluding carboxylic acids is 1. The van der Waals surface area contributed by atoms with Crippen molar-refractivity contribution in [3.63, 3.8) is 0 Å². The van der Waals surface area contributed by atoms with E-state index >= 15 is 0 Å². The number of nitrogens with one attached hydrogen (secondary N) is 1. The Hall–Kier alpha value is 0.120. The quantitative estimate of drug-likeness (QED) is 0.315. The Kier molecular flexibility index (Phi) is 8.77. The average molecular weight is 229 g/mol. The molecule has 0 spiro atoms. The largest absolute Gasteiger partial charge is 1.00 e. The fourth-order valence-corrected chi connectivity index (χ4v) is 1.41. The molecule has 76 valence electrons. The van der Waals surface area contributed by atoms with Gasteiger partial charge in [0, 0.05) is 0 Å². The van der Waals surface area contributed by atoms with Crippen LogP contribution in [-0.4, -0.2) is 24.3 Å². The minimum atomic E-state index is -4.44. The molecule has 0 heterocycles. The molecular weight excluding hydrogens is 217 g/mol. The monoisotopic (exact) mass is 229 g/mol. The van der Waals surface area contributed by atoms with Gasteiger partial charge in [0.1, 0.15) is 15.5 Å². The predicted molar refractivity (Wildman–Crippen MR) is 46.7 cm³/mol. The van der Waals surface area contributed by atoms with E-state index in [1.165, 1.54) is 13.0 Å². The first-order valence-electron chi connectivity index (χ1n) is 3.79. The summed E-state index contributed by atoms with van der Waals surface area (Å²) < 4.78 is 31.5. The van der Waals surface area contributed by atoms with E-state index in [-0.39, 0.29) is 36.0 Å². The third-order valence-corrected chi connectivity index (χ3v) is 2.49. The van der Waals surface area contributed by atoms with E-state index in [2.05, 4.69) is 5.32 Å². The second-order valence-electron chi connectivity index (χ2n) is 2.40. The summed E-state index contributed by atoms with van der Waals surface area (Å²) in [7, 11) is -4.44. The van der Waals surface area contributed by atoms with Gasteiger partial charge in [-0.15, -0.1) is 0 Å². The Morgan fingerprint density at radius 3 is 2.36 bits per heavy atom. The van der Waals surface area contributed by atoms with Gasteiger partial charge in [-0.25, -0.2) is 8.42 Å². The first-order valence-corrected chi connectivity index (χ1v) is 5.26. The first-order chi connectivity index (χ1) is 5.91. The molecule has 0 aliphatic heterocycles. The zero-order chi connectivity index (χ0) is 10.5. The second kappa shape index (κ2) is 7.42. The van der Waals surface area contributed by atoms with Crippen LogP contribution in [-0.2, 0) is 14.9 Å². The zero-order valence-corrected chi connectivity index (χ0v) is 11.3. The van der Waals surface area contributed by atoms with Crippen LogP contribution in [0.5, 0.6) is 0 Å². The molecule has 0 saturated carbocycles. The molecule has 0 aromatic carbocycles. The Morgan fingerprint density at radius 1 is 1.57 bits per heavy atom. The molecule has 1 unspecified atom stereocenters. The standard InChI is InChI=1S/C7H13NO4S.Na/c1-3-5-6(9)8-7(4-2)13(10,11)12;/h3,5,7H,4H2,1-2H3,(H,8,9)(H,10,11,12);/q;+1/p-1. The van der Waals surface area contributed by atoms with Gasteiger partial charge in [0.2, 0.25) is 5.91 Å². The van der Waals surface area contributed by atoms with Crippen LogP contribution >= 0.6 is 0 Å². The predicted octanol–water partition coefficient (Wildman–Crippen LogP) is -3.04. The van der Waals surface area contributed by atoms with Crippen LogP contribution in [0.15, 0.2) is 12.2 Å². The van der Waals surface area contributed by atoms with Crippen molar-refractivity contribution in [3.05, 3.63) is 12.2 Å². The molecule has 5 nitrogen and oxygen atoms in total. The molecule has 0 radical (unpaired) electrons. The molecule has 0 rings (SSSR count). The Bertz CT molecular complexity index is 299. The molecule has 0 aliphatic rings. The number of carbonyl (C=O) groups is 1. The van der Waals surface area contributed by atoms with Gasteiger partial charge in [0.25, 0.3) is 0 Å². The van der Waals surface area contributed by atoms with Crippen molar-refractivity contribution in [1.29, 1.82) is 0 Å². The maximum Gasteiger partial charge on any atom is 1.00 e. The van der Waals surface area contributed by atoms with E-state index in [1.54, 1.807) is 6.92 Å². The normalized spacial score (nSPS) is 13.4. The molecular formula is C7H12NNaO4S. The average Bonchev–Trinajstić information content (AvgIpc) is 1.98. The molecule has 0 fully saturated rings. The smallest absolute Gasteiger partial charge is 0.746 e. The fourth-order valence-electron chi connectivity index (χ4n) is 0.737. The van der Waals surface area contributed by atoms with Gasteiger partial charge in [-0.05, 0) is 19.4 Å². The van der Waals surface area contributed by atoms with E-state index in [1.807, 2.05) is 0 Å². The van der Waals surface area contributed by atoms with Gasteiger partial charge < -0.3 is 9.87 Å². The number of amides is 1. The molecule has 14 heavy (non-hydrogen) atoms. The summed E-state index contributed by atoms with van der Waals surface area (Å²) in [6.45, 7) is 3.13. The summed E-state index contributed by atoms with van der Waals surface area (Å²) in [5.74, 6) is -0.575. The molecule has 0 saturated heterocycles. The number of hydrogen-bond acceptors (Lipinski definition) is 4. The summed E-state index contributed by atoms with van der Waals surface area (Å²) in [5, 5.41) is 0.744. The van der Waals surface area contributed by atoms with E-state index in [0.29, 0.717) is 0 Å². The minimum Gasteiger partial charge on any atom is -0.746 e. The maximum absolute atomic E-state index is 10.9. The maximum atomic E-state index is 10.9. The molecule has 0 bridgehead atoms. The van der Waals surface area contributed by atoms with E-state index in [4.69, 9.17) is 0 Å². The summed E-state index contributed by atoms with van der Waals surface area (Å²) in [6, 6.07) is 0. The summed E-state index contributed by atoms with van der Waals surface area (Å²) in [6.07, 6.45) is 2.68. The zero-order valence-electron chi connectivity index (χ0n) is 8.48. The van der Waals surface area contributed by atoms with Crippen LogP contribution in [0.4, 0.5) is 0 Å². The van der Waals surface area contributed by atoms with Gasteiger partial charge in [-0.2, -0.15) is 0 Å². The molecule has 1 atom stereocenters. The Labute approximate surface area is 106 Å². The third kappa shape index (κ3) is 6.56. The van der Waals surface area contributed by atoms with E-state index in [9.17, 15) is 17.8 Å². The molecule has 0 aliphatic carbocycles. The third-order valence-electron chi connectivity index (χ3n) is 1.34. The van der Waals surface area contributed by atoms with Crippen LogP contribution in [0.3, 0.4) is 0 Å². The molecule has 1 N–H and O–H groups in total. The molecule has 0 aromatic heterocycles. The van der Waals surface area contributed by atoms with Crippen molar-refractivity contribution >= 4 is 16.0 Å². The van der Waals surface area contributed by atoms with Crippen LogP contribution in [0.2, 0.25) is 0 Å². The van der Waals surface area contributed by atoms with E-state index < -0.39 is 21.4 Å². The minimum absolute atomic E-state index is 0. The number of rotatable bonds is 4. The van der Waals surface area contributed by atoms with Crippen molar-refractivity contribution in [3.8, 4) is 0 Å². The summed E-state index contributed by atoms with van der Waals surface area (Å²) in [5.41, 5.74) is 0. The van der Waals surface area contributed by atoms with Gasteiger partial charge >= 0.3 is 29.6 Å². The van der Waals surface area contributed by atoms with Crippen LogP contribution in [0.25, 0.3) is 0 Å². The SMILES string of the molecule is CC=CC(=O)NC(CC)S(=O)(=O)[O-].[Na+]. The Morgan fingerprint density at radius 2 is 2.07 bits per heavy atom. The second-order valence-corrected chi connectivity index (χ2v) is 3.95. The Balaban J connectivity index is 0. The first kappa shape index (κ1) is 16.5. The van der Waals surface area contributed by atoms with Crippen LogP contribution in [0.1, 0.15) is 20.3 Å².